The Balaban J connectivity index is 1.32. The normalized spacial score (nSPS) is 16.5. The van der Waals surface area contributed by atoms with E-state index in [1.165, 1.54) is 25.3 Å². The Kier molecular flexibility index (Phi) is 8.61. The highest BCUT2D eigenvalue weighted by Crippen LogP contribution is 2.29. The van der Waals surface area contributed by atoms with Crippen molar-refractivity contribution in [1.29, 1.82) is 0 Å². The smallest absolute Gasteiger partial charge is 0.242 e. The van der Waals surface area contributed by atoms with Gasteiger partial charge in [0.2, 0.25) is 11.8 Å². The first-order chi connectivity index (χ1) is 17.0. The summed E-state index contributed by atoms with van der Waals surface area (Å²) < 4.78 is 18.7. The molecule has 0 radical (unpaired) electrons. The molecule has 35 heavy (non-hydrogen) atoms. The van der Waals surface area contributed by atoms with Crippen LogP contribution in [-0.4, -0.2) is 44.6 Å². The van der Waals surface area contributed by atoms with Gasteiger partial charge >= 0.3 is 0 Å². The largest absolute Gasteiger partial charge is 0.497 e. The lowest BCUT2D eigenvalue weighted by atomic mass is 9.84. The van der Waals surface area contributed by atoms with Crippen LogP contribution in [0.15, 0.2) is 42.5 Å². The molecule has 1 aliphatic heterocycles. The van der Waals surface area contributed by atoms with E-state index in [-0.39, 0.29) is 24.1 Å². The molecule has 0 spiro atoms. The molecule has 1 aliphatic carbocycles. The molecule has 2 amide bonds. The Morgan fingerprint density at radius 1 is 1.11 bits per heavy atom. The molecule has 4 rings (SSSR count). The highest BCUT2D eigenvalue weighted by molar-refractivity contribution is 5.88. The molecule has 2 aromatic carbocycles. The summed E-state index contributed by atoms with van der Waals surface area (Å²) in [6.45, 7) is 1.95. The van der Waals surface area contributed by atoms with Crippen LogP contribution in [-0.2, 0) is 22.4 Å². The molecule has 0 bridgehead atoms. The third kappa shape index (κ3) is 6.96. The summed E-state index contributed by atoms with van der Waals surface area (Å²) in [4.78, 5) is 28.1. The average Bonchev–Trinajstić information content (AvgIpc) is 3.26. The maximum atomic E-state index is 13.5. The fraction of sp³-hybridized carbons (Fsp3) is 0.500. The van der Waals surface area contributed by atoms with Crippen molar-refractivity contribution in [1.82, 2.24) is 10.6 Å². The first kappa shape index (κ1) is 25.0. The second-order valence-corrected chi connectivity index (χ2v) is 9.69. The van der Waals surface area contributed by atoms with Crippen LogP contribution in [0.1, 0.15) is 49.7 Å². The van der Waals surface area contributed by atoms with Crippen LogP contribution in [0.2, 0.25) is 0 Å². The van der Waals surface area contributed by atoms with Gasteiger partial charge in [-0.1, -0.05) is 44.2 Å². The third-order valence-electron chi connectivity index (χ3n) is 7.18. The van der Waals surface area contributed by atoms with Gasteiger partial charge in [0.05, 0.1) is 13.5 Å². The Bertz CT molecular complexity index is 1010. The van der Waals surface area contributed by atoms with Crippen LogP contribution in [0, 0.1) is 11.7 Å². The van der Waals surface area contributed by atoms with Crippen LogP contribution >= 0.6 is 0 Å². The number of hydrogen-bond donors (Lipinski definition) is 2. The number of carbonyl (C=O) groups is 2. The number of anilines is 1. The summed E-state index contributed by atoms with van der Waals surface area (Å²) in [5.74, 6) is 0.712. The number of benzene rings is 2. The summed E-state index contributed by atoms with van der Waals surface area (Å²) in [5.41, 5.74) is 2.92. The van der Waals surface area contributed by atoms with Gasteiger partial charge in [0.25, 0.3) is 0 Å². The number of ether oxygens (including phenoxy) is 1. The van der Waals surface area contributed by atoms with E-state index in [0.29, 0.717) is 25.4 Å². The van der Waals surface area contributed by atoms with E-state index in [1.807, 2.05) is 30.3 Å². The second-order valence-electron chi connectivity index (χ2n) is 9.69. The second kappa shape index (κ2) is 12.0. The van der Waals surface area contributed by atoms with Gasteiger partial charge in [-0.2, -0.15) is 0 Å². The number of halogens is 1. The van der Waals surface area contributed by atoms with Gasteiger partial charge in [-0.3, -0.25) is 9.59 Å². The van der Waals surface area contributed by atoms with Crippen molar-refractivity contribution in [3.05, 3.63) is 59.4 Å². The molecule has 188 valence electrons. The Labute approximate surface area is 207 Å². The van der Waals surface area contributed by atoms with Gasteiger partial charge in [0.1, 0.15) is 17.6 Å². The summed E-state index contributed by atoms with van der Waals surface area (Å²) in [7, 11) is 1.61. The molecule has 0 aromatic heterocycles. The van der Waals surface area contributed by atoms with Crippen LogP contribution in [0.3, 0.4) is 0 Å². The molecule has 0 saturated heterocycles. The van der Waals surface area contributed by atoms with Gasteiger partial charge in [0, 0.05) is 25.3 Å². The minimum absolute atomic E-state index is 0.128. The lowest BCUT2D eigenvalue weighted by molar-refractivity contribution is -0.129. The molecule has 1 saturated carbocycles. The Morgan fingerprint density at radius 3 is 2.63 bits per heavy atom. The van der Waals surface area contributed by atoms with Gasteiger partial charge in [0.15, 0.2) is 0 Å². The Morgan fingerprint density at radius 2 is 1.89 bits per heavy atom. The molecule has 6 nitrogen and oxygen atoms in total. The first-order valence-electron chi connectivity index (χ1n) is 12.7. The SMILES string of the molecule is COc1ccc(CC(=O)N[C@@H](CC2CCCCC2)C(=O)NCCN2CCc3cc(F)ccc32)cc1. The summed E-state index contributed by atoms with van der Waals surface area (Å²) in [6.07, 6.45) is 7.55. The van der Waals surface area contributed by atoms with E-state index in [0.717, 1.165) is 48.4 Å². The fourth-order valence-electron chi connectivity index (χ4n) is 5.27. The lowest BCUT2D eigenvalue weighted by Crippen LogP contribution is -2.49. The van der Waals surface area contributed by atoms with Crippen molar-refractivity contribution >= 4 is 17.5 Å². The Hall–Kier alpha value is -3.09. The summed E-state index contributed by atoms with van der Waals surface area (Å²) in [5, 5.41) is 6.04. The number of amides is 2. The van der Waals surface area contributed by atoms with Crippen molar-refractivity contribution in [3.63, 3.8) is 0 Å². The number of rotatable bonds is 10. The number of nitrogens with one attached hydrogen (secondary N) is 2. The molecule has 1 heterocycles. The molecule has 2 aromatic rings. The maximum Gasteiger partial charge on any atom is 0.242 e. The highest BCUT2D eigenvalue weighted by Gasteiger charge is 2.26. The molecular formula is C28H36FN3O3. The molecule has 1 atom stereocenters. The number of fused-ring (bicyclic) bond motifs is 1. The number of carbonyl (C=O) groups excluding carboxylic acids is 2. The molecule has 2 N–H and O–H groups in total. The molecule has 7 heteroatoms. The molecule has 0 unspecified atom stereocenters. The monoisotopic (exact) mass is 481 g/mol. The van der Waals surface area contributed by atoms with Crippen molar-refractivity contribution in [2.45, 2.75) is 57.4 Å². The predicted molar refractivity (Wildman–Crippen MR) is 135 cm³/mol. The fourth-order valence-corrected chi connectivity index (χ4v) is 5.27. The zero-order valence-corrected chi connectivity index (χ0v) is 20.5. The number of methoxy groups -OCH3 is 1. The number of nitrogens with zero attached hydrogens (tertiary/aromatic N) is 1. The zero-order chi connectivity index (χ0) is 24.6. The highest BCUT2D eigenvalue weighted by atomic mass is 19.1. The summed E-state index contributed by atoms with van der Waals surface area (Å²) in [6, 6.07) is 11.7. The standard InChI is InChI=1S/C28H36FN3O3/c1-35-24-10-7-21(8-11-24)18-27(33)31-25(17-20-5-3-2-4-6-20)28(34)30-14-16-32-15-13-22-19-23(29)9-12-26(22)32/h7-12,19-20,25H,2-6,13-18H2,1H3,(H,30,34)(H,31,33)/t25-/m0/s1. The number of hydrogen-bond acceptors (Lipinski definition) is 4. The van der Waals surface area contributed by atoms with E-state index in [2.05, 4.69) is 15.5 Å². The van der Waals surface area contributed by atoms with Crippen LogP contribution in [0.25, 0.3) is 0 Å². The molecule has 2 aliphatic rings. The lowest BCUT2D eigenvalue weighted by Gasteiger charge is -2.27. The maximum absolute atomic E-state index is 13.5. The minimum Gasteiger partial charge on any atom is -0.497 e. The van der Waals surface area contributed by atoms with Crippen molar-refractivity contribution in [2.24, 2.45) is 5.92 Å². The topological polar surface area (TPSA) is 70.7 Å². The van der Waals surface area contributed by atoms with Crippen LogP contribution < -0.4 is 20.3 Å². The van der Waals surface area contributed by atoms with E-state index in [4.69, 9.17) is 4.74 Å². The minimum atomic E-state index is -0.538. The third-order valence-corrected chi connectivity index (χ3v) is 7.18. The van der Waals surface area contributed by atoms with Gasteiger partial charge < -0.3 is 20.3 Å². The quantitative estimate of drug-likeness (QED) is 0.538. The summed E-state index contributed by atoms with van der Waals surface area (Å²) >= 11 is 0. The molecule has 1 fully saturated rings. The van der Waals surface area contributed by atoms with Crippen molar-refractivity contribution in [2.75, 3.05) is 31.6 Å². The van der Waals surface area contributed by atoms with Gasteiger partial charge in [-0.15, -0.1) is 0 Å². The predicted octanol–water partition coefficient (Wildman–Crippen LogP) is 4.01. The van der Waals surface area contributed by atoms with Crippen LogP contribution in [0.5, 0.6) is 5.75 Å². The van der Waals surface area contributed by atoms with Gasteiger partial charge in [-0.25, -0.2) is 4.39 Å². The van der Waals surface area contributed by atoms with Crippen LogP contribution in [0.4, 0.5) is 10.1 Å². The van der Waals surface area contributed by atoms with E-state index >= 15 is 0 Å². The van der Waals surface area contributed by atoms with Crippen molar-refractivity contribution in [3.8, 4) is 5.75 Å². The van der Waals surface area contributed by atoms with Gasteiger partial charge in [-0.05, 0) is 60.2 Å². The van der Waals surface area contributed by atoms with E-state index in [9.17, 15) is 14.0 Å². The average molecular weight is 482 g/mol. The van der Waals surface area contributed by atoms with E-state index < -0.39 is 6.04 Å². The molecular weight excluding hydrogens is 445 g/mol. The first-order valence-corrected chi connectivity index (χ1v) is 12.7. The van der Waals surface area contributed by atoms with Crippen molar-refractivity contribution < 1.29 is 18.7 Å². The van der Waals surface area contributed by atoms with E-state index in [1.54, 1.807) is 13.2 Å². The zero-order valence-electron chi connectivity index (χ0n) is 20.5.